The second-order valence-electron chi connectivity index (χ2n) is 3.18. The van der Waals surface area contributed by atoms with Crippen LogP contribution in [0.15, 0.2) is 6.07 Å². The van der Waals surface area contributed by atoms with E-state index in [1.807, 2.05) is 0 Å². The highest BCUT2D eigenvalue weighted by atomic mass is 79.9. The van der Waals surface area contributed by atoms with Crippen molar-refractivity contribution in [2.75, 3.05) is 7.11 Å². The van der Waals surface area contributed by atoms with E-state index in [2.05, 4.69) is 30.4 Å². The van der Waals surface area contributed by atoms with Crippen LogP contribution in [0.4, 0.5) is 26.3 Å². The Labute approximate surface area is 111 Å². The number of methoxy groups -OCH3 is 1. The van der Waals surface area contributed by atoms with Crippen molar-refractivity contribution in [2.45, 2.75) is 17.9 Å². The zero-order valence-electron chi connectivity index (χ0n) is 9.19. The van der Waals surface area contributed by atoms with Crippen molar-refractivity contribution in [3.05, 3.63) is 17.3 Å². The Balaban J connectivity index is 3.36. The van der Waals surface area contributed by atoms with Gasteiger partial charge in [-0.1, -0.05) is 15.9 Å². The maximum Gasteiger partial charge on any atom is 0.573 e. The first kappa shape index (κ1) is 15.9. The number of alkyl halides is 7. The van der Waals surface area contributed by atoms with Gasteiger partial charge in [-0.25, -0.2) is 4.98 Å². The van der Waals surface area contributed by atoms with Crippen LogP contribution < -0.4 is 9.47 Å². The monoisotopic (exact) mass is 353 g/mol. The lowest BCUT2D eigenvalue weighted by atomic mass is 10.2. The fraction of sp³-hybridized carbons (Fsp3) is 0.444. The average Bonchev–Trinajstić information content (AvgIpc) is 2.24. The van der Waals surface area contributed by atoms with Crippen molar-refractivity contribution in [1.82, 2.24) is 4.98 Å². The van der Waals surface area contributed by atoms with E-state index in [0.717, 1.165) is 7.11 Å². The predicted molar refractivity (Wildman–Crippen MR) is 55.1 cm³/mol. The fourth-order valence-electron chi connectivity index (χ4n) is 1.21. The Morgan fingerprint density at radius 2 is 1.79 bits per heavy atom. The van der Waals surface area contributed by atoms with Gasteiger partial charge < -0.3 is 9.47 Å². The van der Waals surface area contributed by atoms with Crippen LogP contribution in [0.25, 0.3) is 0 Å². The maximum absolute atomic E-state index is 12.6. The van der Waals surface area contributed by atoms with Gasteiger partial charge in [0.2, 0.25) is 0 Å². The zero-order chi connectivity index (χ0) is 14.8. The van der Waals surface area contributed by atoms with Gasteiger partial charge in [0, 0.05) is 5.33 Å². The van der Waals surface area contributed by atoms with Crippen LogP contribution >= 0.6 is 15.9 Å². The summed E-state index contributed by atoms with van der Waals surface area (Å²) in [5.41, 5.74) is -1.83. The first-order valence-corrected chi connectivity index (χ1v) is 5.67. The number of pyridine rings is 1. The van der Waals surface area contributed by atoms with Gasteiger partial charge >= 0.3 is 12.5 Å². The standard InChI is InChI=1S/C9H6BrF6NO2/c1-18-7-5(19-9(14,15)16)2-4(3-10)6(17-7)8(11,12)13/h2H,3H2,1H3. The SMILES string of the molecule is COc1nc(C(F)(F)F)c(CBr)cc1OC(F)(F)F. The molecule has 10 heteroatoms. The summed E-state index contributed by atoms with van der Waals surface area (Å²) in [5, 5.41) is -0.340. The molecule has 0 spiro atoms. The van der Waals surface area contributed by atoms with E-state index in [4.69, 9.17) is 0 Å². The first-order chi connectivity index (χ1) is 8.58. The topological polar surface area (TPSA) is 31.4 Å². The molecule has 1 aromatic heterocycles. The molecule has 19 heavy (non-hydrogen) atoms. The lowest BCUT2D eigenvalue weighted by molar-refractivity contribution is -0.275. The smallest absolute Gasteiger partial charge is 0.478 e. The molecule has 3 nitrogen and oxygen atoms in total. The Morgan fingerprint density at radius 3 is 2.16 bits per heavy atom. The maximum atomic E-state index is 12.6. The van der Waals surface area contributed by atoms with Crippen molar-refractivity contribution >= 4 is 15.9 Å². The molecule has 0 saturated carbocycles. The highest BCUT2D eigenvalue weighted by molar-refractivity contribution is 9.08. The molecule has 0 aromatic carbocycles. The van der Waals surface area contributed by atoms with Crippen molar-refractivity contribution in [2.24, 2.45) is 0 Å². The first-order valence-electron chi connectivity index (χ1n) is 4.55. The Kier molecular flexibility index (Phi) is 4.54. The molecule has 1 aromatic rings. The molecule has 108 valence electrons. The van der Waals surface area contributed by atoms with Gasteiger partial charge in [0.1, 0.15) is 0 Å². The van der Waals surface area contributed by atoms with E-state index in [1.54, 1.807) is 0 Å². The Morgan fingerprint density at radius 1 is 1.21 bits per heavy atom. The minimum Gasteiger partial charge on any atom is -0.478 e. The van der Waals surface area contributed by atoms with E-state index < -0.39 is 35.4 Å². The minimum absolute atomic E-state index is 0.340. The molecule has 0 bridgehead atoms. The molecule has 0 fully saturated rings. The molecule has 0 unspecified atom stereocenters. The van der Waals surface area contributed by atoms with E-state index >= 15 is 0 Å². The summed E-state index contributed by atoms with van der Waals surface area (Å²) in [6, 6.07) is 0.580. The van der Waals surface area contributed by atoms with Crippen LogP contribution in [0.1, 0.15) is 11.3 Å². The normalized spacial score (nSPS) is 12.4. The summed E-state index contributed by atoms with van der Waals surface area (Å²) in [6.07, 6.45) is -9.87. The average molecular weight is 354 g/mol. The Bertz CT molecular complexity index is 459. The summed E-state index contributed by atoms with van der Waals surface area (Å²) < 4.78 is 82.1. The number of ether oxygens (including phenoxy) is 2. The fourth-order valence-corrected chi connectivity index (χ4v) is 1.64. The van der Waals surface area contributed by atoms with Crippen molar-refractivity contribution in [3.8, 4) is 11.6 Å². The van der Waals surface area contributed by atoms with Gasteiger partial charge in [0.15, 0.2) is 11.4 Å². The number of rotatable bonds is 3. The summed E-state index contributed by atoms with van der Waals surface area (Å²) in [4.78, 5) is 3.02. The van der Waals surface area contributed by atoms with Gasteiger partial charge in [-0.2, -0.15) is 13.2 Å². The number of halogens is 7. The molecule has 1 rings (SSSR count). The van der Waals surface area contributed by atoms with Crippen LogP contribution in [0.5, 0.6) is 11.6 Å². The number of hydrogen-bond donors (Lipinski definition) is 0. The lowest BCUT2D eigenvalue weighted by Gasteiger charge is -2.16. The van der Waals surface area contributed by atoms with Crippen LogP contribution in [0.3, 0.4) is 0 Å². The molecular weight excluding hydrogens is 348 g/mol. The van der Waals surface area contributed by atoms with Crippen LogP contribution in [-0.4, -0.2) is 18.5 Å². The lowest BCUT2D eigenvalue weighted by Crippen LogP contribution is -2.19. The van der Waals surface area contributed by atoms with Gasteiger partial charge in [-0.05, 0) is 11.6 Å². The molecule has 0 radical (unpaired) electrons. The van der Waals surface area contributed by atoms with E-state index in [0.29, 0.717) is 6.07 Å². The van der Waals surface area contributed by atoms with Crippen molar-refractivity contribution in [1.29, 1.82) is 0 Å². The summed E-state index contributed by atoms with van der Waals surface area (Å²) in [6.45, 7) is 0. The molecule has 0 amide bonds. The zero-order valence-corrected chi connectivity index (χ0v) is 10.8. The summed E-state index contributed by atoms with van der Waals surface area (Å²) in [5.74, 6) is -1.83. The van der Waals surface area contributed by atoms with Gasteiger partial charge in [0.05, 0.1) is 7.11 Å². The minimum atomic E-state index is -5.06. The van der Waals surface area contributed by atoms with Crippen LogP contribution in [-0.2, 0) is 11.5 Å². The molecule has 0 atom stereocenters. The van der Waals surface area contributed by atoms with Gasteiger partial charge in [-0.15, -0.1) is 13.2 Å². The quantitative estimate of drug-likeness (QED) is 0.610. The molecule has 0 aliphatic carbocycles. The summed E-state index contributed by atoms with van der Waals surface area (Å²) in [7, 11) is 0.888. The van der Waals surface area contributed by atoms with E-state index in [-0.39, 0.29) is 5.33 Å². The third-order valence-electron chi connectivity index (χ3n) is 1.87. The van der Waals surface area contributed by atoms with Crippen molar-refractivity contribution in [3.63, 3.8) is 0 Å². The third kappa shape index (κ3) is 4.15. The molecule has 0 saturated heterocycles. The predicted octanol–water partition coefficient (Wildman–Crippen LogP) is 3.90. The highest BCUT2D eigenvalue weighted by Crippen LogP contribution is 2.38. The van der Waals surface area contributed by atoms with Gasteiger partial charge in [0.25, 0.3) is 5.88 Å². The third-order valence-corrected chi connectivity index (χ3v) is 2.47. The molecule has 1 heterocycles. The molecule has 0 aliphatic rings. The summed E-state index contributed by atoms with van der Waals surface area (Å²) >= 11 is 2.74. The molecule has 0 N–H and O–H groups in total. The van der Waals surface area contributed by atoms with E-state index in [1.165, 1.54) is 0 Å². The second-order valence-corrected chi connectivity index (χ2v) is 3.74. The second kappa shape index (κ2) is 5.43. The van der Waals surface area contributed by atoms with Crippen LogP contribution in [0.2, 0.25) is 0 Å². The largest absolute Gasteiger partial charge is 0.573 e. The van der Waals surface area contributed by atoms with E-state index in [9.17, 15) is 26.3 Å². The number of aromatic nitrogens is 1. The van der Waals surface area contributed by atoms with Crippen molar-refractivity contribution < 1.29 is 35.8 Å². The highest BCUT2D eigenvalue weighted by Gasteiger charge is 2.38. The van der Waals surface area contributed by atoms with Crippen LogP contribution in [0, 0.1) is 0 Å². The number of hydrogen-bond acceptors (Lipinski definition) is 3. The van der Waals surface area contributed by atoms with Gasteiger partial charge in [-0.3, -0.25) is 0 Å². The Hall–Kier alpha value is -1.19. The molecule has 0 aliphatic heterocycles. The molecular formula is C9H6BrF6NO2. The number of nitrogens with zero attached hydrogens (tertiary/aromatic N) is 1.